The lowest BCUT2D eigenvalue weighted by molar-refractivity contribution is 0.206. The summed E-state index contributed by atoms with van der Waals surface area (Å²) >= 11 is 5.83. The molecule has 6 heteroatoms. The Labute approximate surface area is 107 Å². The molecule has 1 rings (SSSR count). The maximum atomic E-state index is 8.86. The first kappa shape index (κ1) is 14.2. The monoisotopic (exact) mass is 258 g/mol. The number of likely N-dealkylation sites (N-methyl/N-ethyl adjacent to an activating group) is 1. The fraction of sp³-hybridized carbons (Fsp3) is 0.636. The van der Waals surface area contributed by atoms with Crippen molar-refractivity contribution in [3.63, 3.8) is 0 Å². The SMILES string of the molecule is CCN(CCO)CCNc1cc(Cl)nc(C)n1. The van der Waals surface area contributed by atoms with E-state index in [1.54, 1.807) is 13.0 Å². The lowest BCUT2D eigenvalue weighted by atomic mass is 10.4. The van der Waals surface area contributed by atoms with Gasteiger partial charge in [0, 0.05) is 25.7 Å². The predicted molar refractivity (Wildman–Crippen MR) is 69.5 cm³/mol. The van der Waals surface area contributed by atoms with Crippen molar-refractivity contribution < 1.29 is 5.11 Å². The highest BCUT2D eigenvalue weighted by Gasteiger charge is 2.02. The number of anilines is 1. The van der Waals surface area contributed by atoms with Gasteiger partial charge in [0.05, 0.1) is 6.61 Å². The Kier molecular flexibility index (Phi) is 6.18. The van der Waals surface area contributed by atoms with Crippen LogP contribution in [0.4, 0.5) is 5.82 Å². The Morgan fingerprint density at radius 3 is 2.76 bits per heavy atom. The number of aliphatic hydroxyl groups is 1. The van der Waals surface area contributed by atoms with E-state index in [1.165, 1.54) is 0 Å². The Hall–Kier alpha value is -0.910. The van der Waals surface area contributed by atoms with Crippen molar-refractivity contribution in [3.8, 4) is 0 Å². The number of rotatable bonds is 7. The van der Waals surface area contributed by atoms with E-state index in [-0.39, 0.29) is 6.61 Å². The maximum Gasteiger partial charge on any atom is 0.134 e. The summed E-state index contributed by atoms with van der Waals surface area (Å²) in [5, 5.41) is 12.5. The second-order valence-electron chi connectivity index (χ2n) is 3.71. The number of nitrogens with zero attached hydrogens (tertiary/aromatic N) is 3. The van der Waals surface area contributed by atoms with Crippen LogP contribution in [0.5, 0.6) is 0 Å². The van der Waals surface area contributed by atoms with Gasteiger partial charge in [0.1, 0.15) is 16.8 Å². The van der Waals surface area contributed by atoms with Crippen LogP contribution in [0.15, 0.2) is 6.07 Å². The van der Waals surface area contributed by atoms with Crippen molar-refractivity contribution in [1.29, 1.82) is 0 Å². The van der Waals surface area contributed by atoms with Crippen LogP contribution >= 0.6 is 11.6 Å². The van der Waals surface area contributed by atoms with Gasteiger partial charge in [-0.2, -0.15) is 0 Å². The fourth-order valence-electron chi connectivity index (χ4n) is 1.53. The predicted octanol–water partition coefficient (Wildman–Crippen LogP) is 1.16. The van der Waals surface area contributed by atoms with E-state index in [0.29, 0.717) is 17.5 Å². The summed E-state index contributed by atoms with van der Waals surface area (Å²) in [4.78, 5) is 10.4. The molecule has 5 nitrogen and oxygen atoms in total. The molecule has 0 saturated carbocycles. The largest absolute Gasteiger partial charge is 0.395 e. The molecule has 1 aromatic rings. The molecule has 0 fully saturated rings. The van der Waals surface area contributed by atoms with Crippen molar-refractivity contribution in [1.82, 2.24) is 14.9 Å². The van der Waals surface area contributed by atoms with E-state index in [9.17, 15) is 0 Å². The summed E-state index contributed by atoms with van der Waals surface area (Å²) in [7, 11) is 0. The molecule has 0 aliphatic heterocycles. The number of aryl methyl sites for hydroxylation is 1. The zero-order valence-corrected chi connectivity index (χ0v) is 11.0. The Morgan fingerprint density at radius 1 is 1.41 bits per heavy atom. The first-order chi connectivity index (χ1) is 8.15. The molecule has 17 heavy (non-hydrogen) atoms. The molecule has 0 unspecified atom stereocenters. The van der Waals surface area contributed by atoms with Gasteiger partial charge in [-0.1, -0.05) is 18.5 Å². The minimum absolute atomic E-state index is 0.187. The average molecular weight is 259 g/mol. The van der Waals surface area contributed by atoms with Crippen molar-refractivity contribution >= 4 is 17.4 Å². The van der Waals surface area contributed by atoms with Crippen LogP contribution in [0.25, 0.3) is 0 Å². The summed E-state index contributed by atoms with van der Waals surface area (Å²) in [6.07, 6.45) is 0. The van der Waals surface area contributed by atoms with Crippen LogP contribution in [-0.4, -0.2) is 52.8 Å². The first-order valence-corrected chi connectivity index (χ1v) is 6.11. The molecule has 1 aromatic heterocycles. The number of aliphatic hydroxyl groups excluding tert-OH is 1. The van der Waals surface area contributed by atoms with Crippen molar-refractivity contribution in [3.05, 3.63) is 17.0 Å². The van der Waals surface area contributed by atoms with Crippen LogP contribution in [0, 0.1) is 6.92 Å². The third-order valence-electron chi connectivity index (χ3n) is 2.40. The van der Waals surface area contributed by atoms with Crippen LogP contribution in [0.3, 0.4) is 0 Å². The van der Waals surface area contributed by atoms with Gasteiger partial charge >= 0.3 is 0 Å². The third kappa shape index (κ3) is 5.30. The molecule has 0 amide bonds. The van der Waals surface area contributed by atoms with Gasteiger partial charge in [-0.3, -0.25) is 4.90 Å². The highest BCUT2D eigenvalue weighted by Crippen LogP contribution is 2.10. The smallest absolute Gasteiger partial charge is 0.134 e. The summed E-state index contributed by atoms with van der Waals surface area (Å²) in [5.41, 5.74) is 0. The normalized spacial score (nSPS) is 10.9. The molecule has 0 atom stereocenters. The van der Waals surface area contributed by atoms with E-state index in [2.05, 4.69) is 27.1 Å². The molecule has 0 saturated heterocycles. The molecule has 0 aliphatic carbocycles. The maximum absolute atomic E-state index is 8.86. The van der Waals surface area contributed by atoms with Gasteiger partial charge in [0.15, 0.2) is 0 Å². The van der Waals surface area contributed by atoms with Crippen LogP contribution < -0.4 is 5.32 Å². The molecule has 1 heterocycles. The number of hydrogen-bond donors (Lipinski definition) is 2. The minimum atomic E-state index is 0.187. The Balaban J connectivity index is 2.39. The summed E-state index contributed by atoms with van der Waals surface area (Å²) < 4.78 is 0. The van der Waals surface area contributed by atoms with Gasteiger partial charge in [-0.05, 0) is 13.5 Å². The van der Waals surface area contributed by atoms with Gasteiger partial charge in [-0.25, -0.2) is 9.97 Å². The molecule has 2 N–H and O–H groups in total. The van der Waals surface area contributed by atoms with Gasteiger partial charge < -0.3 is 10.4 Å². The highest BCUT2D eigenvalue weighted by molar-refractivity contribution is 6.29. The number of nitrogens with one attached hydrogen (secondary N) is 1. The van der Waals surface area contributed by atoms with E-state index in [1.807, 2.05) is 0 Å². The van der Waals surface area contributed by atoms with Gasteiger partial charge in [0.2, 0.25) is 0 Å². The molecule has 0 radical (unpaired) electrons. The second kappa shape index (κ2) is 7.42. The first-order valence-electron chi connectivity index (χ1n) is 5.74. The molecule has 96 valence electrons. The quantitative estimate of drug-likeness (QED) is 0.719. The molecule has 0 aliphatic rings. The third-order valence-corrected chi connectivity index (χ3v) is 2.60. The molecular weight excluding hydrogens is 240 g/mol. The molecule has 0 bridgehead atoms. The van der Waals surface area contributed by atoms with Crippen LogP contribution in [0.2, 0.25) is 5.15 Å². The number of halogens is 1. The van der Waals surface area contributed by atoms with E-state index in [4.69, 9.17) is 16.7 Å². The summed E-state index contributed by atoms with van der Waals surface area (Å²) in [6, 6.07) is 1.71. The lowest BCUT2D eigenvalue weighted by Crippen LogP contribution is -2.31. The Morgan fingerprint density at radius 2 is 2.18 bits per heavy atom. The molecule has 0 aromatic carbocycles. The topological polar surface area (TPSA) is 61.3 Å². The van der Waals surface area contributed by atoms with Crippen molar-refractivity contribution in [2.24, 2.45) is 0 Å². The minimum Gasteiger partial charge on any atom is -0.395 e. The van der Waals surface area contributed by atoms with E-state index in [0.717, 1.165) is 25.5 Å². The second-order valence-corrected chi connectivity index (χ2v) is 4.10. The van der Waals surface area contributed by atoms with Crippen molar-refractivity contribution in [2.75, 3.05) is 38.1 Å². The van der Waals surface area contributed by atoms with Gasteiger partial charge in [-0.15, -0.1) is 0 Å². The number of hydrogen-bond acceptors (Lipinski definition) is 5. The lowest BCUT2D eigenvalue weighted by Gasteiger charge is -2.19. The van der Waals surface area contributed by atoms with Gasteiger partial charge in [0.25, 0.3) is 0 Å². The average Bonchev–Trinajstić information content (AvgIpc) is 2.26. The van der Waals surface area contributed by atoms with E-state index < -0.39 is 0 Å². The Bertz CT molecular complexity index is 328. The standard InChI is InChI=1S/C11H19ClN4O/c1-3-16(6-7-17)5-4-13-11-8-10(12)14-9(2)15-11/h8,17H,3-7H2,1-2H3,(H,13,14,15). The summed E-state index contributed by atoms with van der Waals surface area (Å²) in [6.45, 7) is 7.31. The molecule has 0 spiro atoms. The zero-order valence-electron chi connectivity index (χ0n) is 10.3. The highest BCUT2D eigenvalue weighted by atomic mass is 35.5. The fourth-order valence-corrected chi connectivity index (χ4v) is 1.76. The van der Waals surface area contributed by atoms with Crippen LogP contribution in [0.1, 0.15) is 12.7 Å². The van der Waals surface area contributed by atoms with Crippen LogP contribution in [-0.2, 0) is 0 Å². The van der Waals surface area contributed by atoms with E-state index >= 15 is 0 Å². The number of aromatic nitrogens is 2. The summed E-state index contributed by atoms with van der Waals surface area (Å²) in [5.74, 6) is 1.39. The zero-order chi connectivity index (χ0) is 12.7. The molecular formula is C11H19ClN4O. The van der Waals surface area contributed by atoms with Crippen molar-refractivity contribution in [2.45, 2.75) is 13.8 Å².